The summed E-state index contributed by atoms with van der Waals surface area (Å²) in [6, 6.07) is 9.05. The molecule has 0 aliphatic carbocycles. The zero-order valence-electron chi connectivity index (χ0n) is 14.5. The van der Waals surface area contributed by atoms with Crippen molar-refractivity contribution in [3.8, 4) is 0 Å². The predicted octanol–water partition coefficient (Wildman–Crippen LogP) is 1.03. The van der Waals surface area contributed by atoms with Crippen molar-refractivity contribution in [1.82, 2.24) is 25.5 Å². The molecule has 26 heavy (non-hydrogen) atoms. The van der Waals surface area contributed by atoms with Crippen LogP contribution in [0.25, 0.3) is 11.0 Å². The number of amides is 1. The van der Waals surface area contributed by atoms with Gasteiger partial charge in [-0.3, -0.25) is 19.7 Å². The number of para-hydroxylation sites is 2. The molecule has 1 aliphatic heterocycles. The molecule has 132 valence electrons. The highest BCUT2D eigenvalue weighted by molar-refractivity contribution is 5.92. The van der Waals surface area contributed by atoms with E-state index in [0.717, 1.165) is 16.9 Å². The minimum Gasteiger partial charge on any atom is -0.351 e. The lowest BCUT2D eigenvalue weighted by Gasteiger charge is -2.48. The lowest BCUT2D eigenvalue weighted by molar-refractivity contribution is 0.0881. The quantitative estimate of drug-likeness (QED) is 0.731. The SMILES string of the molecule is Cc1cc(=O)c(C(=O)NC2(C)CN(c3cnc4ccccc4n3)C2)n[nH]1. The molecule has 1 aliphatic rings. The molecular formula is C18H18N6O2. The normalized spacial score (nSPS) is 15.5. The van der Waals surface area contributed by atoms with Crippen LogP contribution in [0.1, 0.15) is 23.1 Å². The standard InChI is InChI=1S/C18H18N6O2/c1-11-7-14(25)16(23-22-11)17(26)21-18(2)9-24(10-18)15-8-19-12-5-3-4-6-13(12)20-15/h3-8H,9-10H2,1-2H3,(H,21,26)(H,22,25). The number of aromatic nitrogens is 4. The summed E-state index contributed by atoms with van der Waals surface area (Å²) in [5.41, 5.74) is 1.32. The van der Waals surface area contributed by atoms with Crippen molar-refractivity contribution in [1.29, 1.82) is 0 Å². The second-order valence-corrected chi connectivity index (χ2v) is 6.85. The van der Waals surface area contributed by atoms with E-state index in [-0.39, 0.29) is 11.1 Å². The first kappa shape index (κ1) is 16.2. The van der Waals surface area contributed by atoms with Gasteiger partial charge < -0.3 is 10.2 Å². The van der Waals surface area contributed by atoms with E-state index in [1.165, 1.54) is 6.07 Å². The fourth-order valence-electron chi connectivity index (χ4n) is 3.13. The van der Waals surface area contributed by atoms with Gasteiger partial charge >= 0.3 is 0 Å². The van der Waals surface area contributed by atoms with Gasteiger partial charge in [0.25, 0.3) is 5.91 Å². The van der Waals surface area contributed by atoms with Crippen LogP contribution in [0.3, 0.4) is 0 Å². The van der Waals surface area contributed by atoms with Gasteiger partial charge in [0, 0.05) is 24.8 Å². The zero-order chi connectivity index (χ0) is 18.3. The second kappa shape index (κ2) is 5.91. The van der Waals surface area contributed by atoms with Crippen LogP contribution in [-0.4, -0.2) is 44.7 Å². The molecule has 8 nitrogen and oxygen atoms in total. The van der Waals surface area contributed by atoms with Crippen molar-refractivity contribution >= 4 is 22.8 Å². The third-order valence-corrected chi connectivity index (χ3v) is 4.39. The van der Waals surface area contributed by atoms with E-state index in [1.807, 2.05) is 36.1 Å². The molecule has 8 heteroatoms. The van der Waals surface area contributed by atoms with Crippen molar-refractivity contribution in [2.45, 2.75) is 19.4 Å². The number of carbonyl (C=O) groups excluding carboxylic acids is 1. The zero-order valence-corrected chi connectivity index (χ0v) is 14.5. The maximum Gasteiger partial charge on any atom is 0.276 e. The van der Waals surface area contributed by atoms with E-state index in [4.69, 9.17) is 0 Å². The van der Waals surface area contributed by atoms with E-state index in [2.05, 4.69) is 25.5 Å². The number of aryl methyl sites for hydroxylation is 1. The molecule has 1 saturated heterocycles. The summed E-state index contributed by atoms with van der Waals surface area (Å²) < 4.78 is 0. The second-order valence-electron chi connectivity index (χ2n) is 6.85. The van der Waals surface area contributed by atoms with Crippen LogP contribution >= 0.6 is 0 Å². The first-order chi connectivity index (χ1) is 12.4. The van der Waals surface area contributed by atoms with Crippen LogP contribution < -0.4 is 15.6 Å². The molecule has 0 radical (unpaired) electrons. The molecule has 0 bridgehead atoms. The summed E-state index contributed by atoms with van der Waals surface area (Å²) in [5.74, 6) is 0.291. The molecule has 4 rings (SSSR count). The Morgan fingerprint density at radius 3 is 2.73 bits per heavy atom. The average molecular weight is 350 g/mol. The van der Waals surface area contributed by atoms with Gasteiger partial charge in [-0.25, -0.2) is 4.98 Å². The van der Waals surface area contributed by atoms with Crippen LogP contribution in [0, 0.1) is 6.92 Å². The van der Waals surface area contributed by atoms with Gasteiger partial charge in [-0.2, -0.15) is 5.10 Å². The summed E-state index contributed by atoms with van der Waals surface area (Å²) in [4.78, 5) is 35.3. The number of H-pyrrole nitrogens is 1. The molecular weight excluding hydrogens is 332 g/mol. The van der Waals surface area contributed by atoms with Gasteiger partial charge in [0.2, 0.25) is 5.43 Å². The lowest BCUT2D eigenvalue weighted by atomic mass is 9.92. The van der Waals surface area contributed by atoms with Crippen molar-refractivity contribution in [3.05, 3.63) is 58.1 Å². The number of nitrogens with one attached hydrogen (secondary N) is 2. The topological polar surface area (TPSA) is 104 Å². The van der Waals surface area contributed by atoms with Gasteiger partial charge in [0.15, 0.2) is 5.69 Å². The highest BCUT2D eigenvalue weighted by Gasteiger charge is 2.41. The number of hydrogen-bond donors (Lipinski definition) is 2. The van der Waals surface area contributed by atoms with Gasteiger partial charge in [-0.05, 0) is 26.0 Å². The number of aromatic amines is 1. The number of anilines is 1. The fourth-order valence-corrected chi connectivity index (χ4v) is 3.13. The Hall–Kier alpha value is -3.29. The molecule has 0 atom stereocenters. The number of fused-ring (bicyclic) bond motifs is 1. The maximum atomic E-state index is 12.4. The number of hydrogen-bond acceptors (Lipinski definition) is 6. The summed E-state index contributed by atoms with van der Waals surface area (Å²) in [6.45, 7) is 4.80. The highest BCUT2D eigenvalue weighted by Crippen LogP contribution is 2.26. The highest BCUT2D eigenvalue weighted by atomic mass is 16.2. The molecule has 0 saturated carbocycles. The minimum absolute atomic E-state index is 0.124. The summed E-state index contributed by atoms with van der Waals surface area (Å²) >= 11 is 0. The minimum atomic E-state index is -0.474. The van der Waals surface area contributed by atoms with E-state index in [1.54, 1.807) is 13.1 Å². The Kier molecular flexibility index (Phi) is 3.68. The maximum absolute atomic E-state index is 12.4. The Labute approximate surface area is 149 Å². The van der Waals surface area contributed by atoms with Gasteiger partial charge in [-0.15, -0.1) is 0 Å². The number of nitrogens with zero attached hydrogens (tertiary/aromatic N) is 4. The third kappa shape index (κ3) is 2.90. The van der Waals surface area contributed by atoms with E-state index in [9.17, 15) is 9.59 Å². The Balaban J connectivity index is 1.46. The summed E-state index contributed by atoms with van der Waals surface area (Å²) in [6.07, 6.45) is 1.73. The smallest absolute Gasteiger partial charge is 0.276 e. The van der Waals surface area contributed by atoms with E-state index >= 15 is 0 Å². The Morgan fingerprint density at radius 1 is 1.27 bits per heavy atom. The van der Waals surface area contributed by atoms with Crippen LogP contribution in [-0.2, 0) is 0 Å². The first-order valence-electron chi connectivity index (χ1n) is 8.29. The van der Waals surface area contributed by atoms with Crippen molar-refractivity contribution in [2.75, 3.05) is 18.0 Å². The van der Waals surface area contributed by atoms with E-state index in [0.29, 0.717) is 18.8 Å². The largest absolute Gasteiger partial charge is 0.351 e. The number of carbonyl (C=O) groups is 1. The number of rotatable bonds is 3. The van der Waals surface area contributed by atoms with Crippen molar-refractivity contribution in [3.63, 3.8) is 0 Å². The predicted molar refractivity (Wildman–Crippen MR) is 97.2 cm³/mol. The molecule has 2 aromatic heterocycles. The third-order valence-electron chi connectivity index (χ3n) is 4.39. The number of benzene rings is 1. The molecule has 1 fully saturated rings. The van der Waals surface area contributed by atoms with Crippen LogP contribution in [0.15, 0.2) is 41.3 Å². The summed E-state index contributed by atoms with van der Waals surface area (Å²) in [7, 11) is 0. The molecule has 3 aromatic rings. The van der Waals surface area contributed by atoms with Gasteiger partial charge in [0.05, 0.1) is 22.8 Å². The average Bonchev–Trinajstić information content (AvgIpc) is 2.59. The molecule has 0 spiro atoms. The molecule has 2 N–H and O–H groups in total. The molecule has 1 aromatic carbocycles. The Bertz CT molecular complexity index is 1050. The lowest BCUT2D eigenvalue weighted by Crippen LogP contribution is -2.69. The fraction of sp³-hybridized carbons (Fsp3) is 0.278. The van der Waals surface area contributed by atoms with Gasteiger partial charge in [-0.1, -0.05) is 12.1 Å². The molecule has 0 unspecified atom stereocenters. The van der Waals surface area contributed by atoms with Crippen LogP contribution in [0.4, 0.5) is 5.82 Å². The Morgan fingerprint density at radius 2 is 2.00 bits per heavy atom. The van der Waals surface area contributed by atoms with E-state index < -0.39 is 11.4 Å². The van der Waals surface area contributed by atoms with Crippen LogP contribution in [0.2, 0.25) is 0 Å². The molecule has 3 heterocycles. The van der Waals surface area contributed by atoms with Gasteiger partial charge in [0.1, 0.15) is 5.82 Å². The summed E-state index contributed by atoms with van der Waals surface area (Å²) in [5, 5.41) is 9.40. The van der Waals surface area contributed by atoms with Crippen molar-refractivity contribution in [2.24, 2.45) is 0 Å². The molecule has 1 amide bonds. The monoisotopic (exact) mass is 350 g/mol. The van der Waals surface area contributed by atoms with Crippen molar-refractivity contribution < 1.29 is 4.79 Å². The first-order valence-corrected chi connectivity index (χ1v) is 8.29. The van der Waals surface area contributed by atoms with Crippen LogP contribution in [0.5, 0.6) is 0 Å².